The molecule has 1 aromatic carbocycles. The van der Waals surface area contributed by atoms with Crippen molar-refractivity contribution in [1.82, 2.24) is 4.98 Å². The predicted molar refractivity (Wildman–Crippen MR) is 95.7 cm³/mol. The molecule has 22 heavy (non-hydrogen) atoms. The quantitative estimate of drug-likeness (QED) is 0.866. The minimum Gasteiger partial charge on any atom is -0.434 e. The standard InChI is InChI=1S/C15H20B2N2O2S/c1-9(20)18-13-19-11-7-6-10(8-12(11)22-13)17-16-14(2,3)15(4,5)21-17/h6-8,16H,1-5H3,(H,18,19,20). The van der Waals surface area contributed by atoms with E-state index >= 15 is 0 Å². The molecule has 0 saturated carbocycles. The van der Waals surface area contributed by atoms with Gasteiger partial charge in [0.1, 0.15) is 7.17 Å². The monoisotopic (exact) mass is 314 g/mol. The lowest BCUT2D eigenvalue weighted by Crippen LogP contribution is -2.36. The van der Waals surface area contributed by atoms with E-state index in [-0.39, 0.29) is 23.6 Å². The zero-order chi connectivity index (χ0) is 16.1. The number of nitrogens with one attached hydrogen (secondary N) is 1. The Kier molecular flexibility index (Phi) is 3.61. The number of thiazole rings is 1. The lowest BCUT2D eigenvalue weighted by atomic mass is 9.23. The first kappa shape index (κ1) is 15.6. The number of carbonyl (C=O) groups excluding carboxylic acids is 1. The first-order chi connectivity index (χ1) is 10.2. The van der Waals surface area contributed by atoms with Gasteiger partial charge in [-0.1, -0.05) is 36.7 Å². The molecule has 114 valence electrons. The van der Waals surface area contributed by atoms with Crippen LogP contribution in [0, 0.1) is 0 Å². The number of amides is 1. The van der Waals surface area contributed by atoms with Crippen LogP contribution in [0.3, 0.4) is 0 Å². The number of hydrogen-bond acceptors (Lipinski definition) is 4. The molecular weight excluding hydrogens is 294 g/mol. The highest BCUT2D eigenvalue weighted by molar-refractivity contribution is 7.23. The Labute approximate surface area is 136 Å². The van der Waals surface area contributed by atoms with Crippen molar-refractivity contribution in [2.75, 3.05) is 5.32 Å². The molecule has 2 heterocycles. The summed E-state index contributed by atoms with van der Waals surface area (Å²) < 4.78 is 7.36. The van der Waals surface area contributed by atoms with Crippen LogP contribution < -0.4 is 10.8 Å². The minimum absolute atomic E-state index is 0.0955. The topological polar surface area (TPSA) is 51.2 Å². The Morgan fingerprint density at radius 3 is 2.68 bits per heavy atom. The molecule has 1 N–H and O–H groups in total. The van der Waals surface area contributed by atoms with Gasteiger partial charge >= 0.3 is 0 Å². The summed E-state index contributed by atoms with van der Waals surface area (Å²) in [6.07, 6.45) is 0. The first-order valence-corrected chi connectivity index (χ1v) is 8.35. The summed E-state index contributed by atoms with van der Waals surface area (Å²) in [4.78, 5) is 15.6. The van der Waals surface area contributed by atoms with Crippen LogP contribution in [0.5, 0.6) is 0 Å². The van der Waals surface area contributed by atoms with Crippen LogP contribution in [0.15, 0.2) is 18.2 Å². The summed E-state index contributed by atoms with van der Waals surface area (Å²) in [5.41, 5.74) is 1.96. The number of aromatic nitrogens is 1. The van der Waals surface area contributed by atoms with E-state index in [2.05, 4.69) is 50.1 Å². The van der Waals surface area contributed by atoms with Crippen molar-refractivity contribution in [1.29, 1.82) is 0 Å². The Balaban J connectivity index is 1.91. The van der Waals surface area contributed by atoms with Gasteiger partial charge < -0.3 is 9.97 Å². The normalized spacial score (nSPS) is 19.2. The van der Waals surface area contributed by atoms with E-state index in [4.69, 9.17) is 4.65 Å². The van der Waals surface area contributed by atoms with Gasteiger partial charge in [0.2, 0.25) is 5.91 Å². The van der Waals surface area contributed by atoms with Gasteiger partial charge in [0, 0.05) is 12.5 Å². The second-order valence-corrected chi connectivity index (χ2v) is 8.16. The fraction of sp³-hybridized carbons (Fsp3) is 0.467. The molecule has 0 aliphatic carbocycles. The highest BCUT2D eigenvalue weighted by Crippen LogP contribution is 2.45. The molecule has 0 radical (unpaired) electrons. The highest BCUT2D eigenvalue weighted by Gasteiger charge is 2.50. The molecule has 4 nitrogen and oxygen atoms in total. The number of rotatable bonds is 2. The van der Waals surface area contributed by atoms with Crippen LogP contribution in [0.1, 0.15) is 34.6 Å². The zero-order valence-electron chi connectivity index (χ0n) is 13.7. The molecule has 1 amide bonds. The van der Waals surface area contributed by atoms with Crippen LogP contribution in [0.4, 0.5) is 5.13 Å². The largest absolute Gasteiger partial charge is 0.434 e. The van der Waals surface area contributed by atoms with Gasteiger partial charge in [-0.25, -0.2) is 4.98 Å². The van der Waals surface area contributed by atoms with Crippen LogP contribution >= 0.6 is 11.3 Å². The molecule has 1 aliphatic heterocycles. The maximum Gasteiger partial charge on any atom is 0.284 e. The summed E-state index contributed by atoms with van der Waals surface area (Å²) >= 11 is 1.50. The third-order valence-electron chi connectivity index (χ3n) is 4.83. The van der Waals surface area contributed by atoms with Crippen molar-refractivity contribution in [3.05, 3.63) is 18.2 Å². The summed E-state index contributed by atoms with van der Waals surface area (Å²) in [6.45, 7) is 10.4. The third-order valence-corrected chi connectivity index (χ3v) is 5.76. The lowest BCUT2D eigenvalue weighted by molar-refractivity contribution is -0.114. The van der Waals surface area contributed by atoms with Gasteiger partial charge in [-0.3, -0.25) is 4.79 Å². The zero-order valence-corrected chi connectivity index (χ0v) is 14.5. The summed E-state index contributed by atoms with van der Waals surface area (Å²) in [6, 6.07) is 6.23. The van der Waals surface area contributed by atoms with E-state index in [0.717, 1.165) is 17.4 Å². The van der Waals surface area contributed by atoms with E-state index in [1.807, 2.05) is 6.07 Å². The number of benzene rings is 1. The first-order valence-electron chi connectivity index (χ1n) is 7.54. The van der Waals surface area contributed by atoms with E-state index in [9.17, 15) is 4.79 Å². The summed E-state index contributed by atoms with van der Waals surface area (Å²) in [7, 11) is 1.00. The molecule has 1 fully saturated rings. The molecule has 7 heteroatoms. The second-order valence-electron chi connectivity index (χ2n) is 7.13. The predicted octanol–water partition coefficient (Wildman–Crippen LogP) is 2.39. The lowest BCUT2D eigenvalue weighted by Gasteiger charge is -2.34. The van der Waals surface area contributed by atoms with Crippen LogP contribution in [-0.4, -0.2) is 30.5 Å². The SMILES string of the molecule is CC(=O)Nc1nc2ccc(B3BC(C)(C)C(C)(C)O3)cc2s1. The molecule has 0 bridgehead atoms. The molecule has 0 atom stereocenters. The average Bonchev–Trinajstić information content (AvgIpc) is 2.85. The molecule has 3 rings (SSSR count). The van der Waals surface area contributed by atoms with Crippen LogP contribution in [0.2, 0.25) is 5.31 Å². The minimum atomic E-state index is -0.137. The maximum absolute atomic E-state index is 11.1. The number of fused-ring (bicyclic) bond motifs is 1. The second kappa shape index (κ2) is 5.10. The number of hydrogen-bond donors (Lipinski definition) is 1. The Morgan fingerprint density at radius 1 is 1.36 bits per heavy atom. The van der Waals surface area contributed by atoms with Crippen LogP contribution in [0.25, 0.3) is 10.2 Å². The maximum atomic E-state index is 11.1. The van der Waals surface area contributed by atoms with Crippen molar-refractivity contribution in [2.24, 2.45) is 0 Å². The molecule has 2 aromatic rings. The van der Waals surface area contributed by atoms with Crippen molar-refractivity contribution in [3.8, 4) is 0 Å². The van der Waals surface area contributed by atoms with E-state index in [1.165, 1.54) is 23.7 Å². The fourth-order valence-electron chi connectivity index (χ4n) is 2.80. The molecule has 1 aromatic heterocycles. The van der Waals surface area contributed by atoms with E-state index in [1.54, 1.807) is 0 Å². The molecule has 0 unspecified atom stereocenters. The van der Waals surface area contributed by atoms with Gasteiger partial charge in [-0.05, 0) is 31.3 Å². The van der Waals surface area contributed by atoms with E-state index < -0.39 is 0 Å². The van der Waals surface area contributed by atoms with Gasteiger partial charge in [-0.15, -0.1) is 0 Å². The summed E-state index contributed by atoms with van der Waals surface area (Å²) in [5.74, 6) is -0.0955. The Morgan fingerprint density at radius 2 is 2.09 bits per heavy atom. The summed E-state index contributed by atoms with van der Waals surface area (Å²) in [5, 5.41) is 3.53. The fourth-order valence-corrected chi connectivity index (χ4v) is 3.76. The molecule has 1 aliphatic rings. The van der Waals surface area contributed by atoms with E-state index in [0.29, 0.717) is 5.13 Å². The van der Waals surface area contributed by atoms with Gasteiger partial charge in [0.05, 0.1) is 10.2 Å². The average molecular weight is 314 g/mol. The molecule has 1 saturated heterocycles. The number of anilines is 1. The van der Waals surface area contributed by atoms with Crippen LogP contribution in [-0.2, 0) is 9.45 Å². The van der Waals surface area contributed by atoms with Gasteiger partial charge in [0.25, 0.3) is 6.81 Å². The Bertz CT molecular complexity index is 726. The number of carbonyl (C=O) groups is 1. The van der Waals surface area contributed by atoms with Gasteiger partial charge in [-0.2, -0.15) is 0 Å². The van der Waals surface area contributed by atoms with Gasteiger partial charge in [0.15, 0.2) is 5.13 Å². The smallest absolute Gasteiger partial charge is 0.284 e. The molecule has 0 spiro atoms. The van der Waals surface area contributed by atoms with Crippen molar-refractivity contribution < 1.29 is 9.45 Å². The highest BCUT2D eigenvalue weighted by atomic mass is 32.1. The molecular formula is C15H20B2N2O2S. The van der Waals surface area contributed by atoms with Crippen molar-refractivity contribution in [3.63, 3.8) is 0 Å². The third kappa shape index (κ3) is 2.68. The Hall–Kier alpha value is -1.33. The van der Waals surface area contributed by atoms with Crippen molar-refractivity contribution >= 4 is 52.0 Å². The van der Waals surface area contributed by atoms with Crippen molar-refractivity contribution in [2.45, 2.75) is 45.5 Å². The number of nitrogens with zero attached hydrogens (tertiary/aromatic N) is 1.